The molecule has 0 bridgehead atoms. The number of urea groups is 1. The monoisotopic (exact) mass is 233 g/mol. The highest BCUT2D eigenvalue weighted by Crippen LogP contribution is 2.29. The highest BCUT2D eigenvalue weighted by Gasteiger charge is 2.33. The van der Waals surface area contributed by atoms with E-state index in [0.29, 0.717) is 17.6 Å². The zero-order valence-electron chi connectivity index (χ0n) is 10.5. The summed E-state index contributed by atoms with van der Waals surface area (Å²) in [5, 5.41) is 5.76. The van der Waals surface area contributed by atoms with E-state index in [9.17, 15) is 4.79 Å². The standard InChI is InChI=1S/C13H19N3O/c1-7-4-8(2)12(6-10(7)14)16-13(17)15-11-5-9(11)3/h4,6,9,11H,5,14H2,1-3H3,(H2,15,16,17). The van der Waals surface area contributed by atoms with Crippen LogP contribution in [-0.2, 0) is 0 Å². The van der Waals surface area contributed by atoms with Gasteiger partial charge in [0.15, 0.2) is 0 Å². The van der Waals surface area contributed by atoms with E-state index in [4.69, 9.17) is 5.73 Å². The Kier molecular flexibility index (Phi) is 2.96. The van der Waals surface area contributed by atoms with Crippen LogP contribution in [0.2, 0.25) is 0 Å². The van der Waals surface area contributed by atoms with Gasteiger partial charge in [-0.05, 0) is 43.4 Å². The smallest absolute Gasteiger partial charge is 0.319 e. The second-order valence-electron chi connectivity index (χ2n) is 4.94. The number of carbonyl (C=O) groups is 1. The largest absolute Gasteiger partial charge is 0.398 e. The van der Waals surface area contributed by atoms with Crippen LogP contribution in [0.4, 0.5) is 16.2 Å². The first-order valence-electron chi connectivity index (χ1n) is 5.91. The Morgan fingerprint density at radius 3 is 2.59 bits per heavy atom. The van der Waals surface area contributed by atoms with E-state index < -0.39 is 0 Å². The summed E-state index contributed by atoms with van der Waals surface area (Å²) in [5.41, 5.74) is 9.36. The van der Waals surface area contributed by atoms with Gasteiger partial charge in [0.1, 0.15) is 0 Å². The summed E-state index contributed by atoms with van der Waals surface area (Å²) in [6.45, 7) is 6.04. The van der Waals surface area contributed by atoms with Crippen molar-refractivity contribution in [2.24, 2.45) is 5.92 Å². The van der Waals surface area contributed by atoms with E-state index in [-0.39, 0.29) is 6.03 Å². The van der Waals surface area contributed by atoms with Crippen molar-refractivity contribution in [1.29, 1.82) is 0 Å². The van der Waals surface area contributed by atoms with Gasteiger partial charge in [-0.1, -0.05) is 13.0 Å². The van der Waals surface area contributed by atoms with Crippen LogP contribution in [0.5, 0.6) is 0 Å². The highest BCUT2D eigenvalue weighted by molar-refractivity contribution is 5.91. The van der Waals surface area contributed by atoms with Crippen molar-refractivity contribution in [2.75, 3.05) is 11.1 Å². The molecule has 0 aromatic heterocycles. The molecule has 1 aromatic carbocycles. The zero-order valence-corrected chi connectivity index (χ0v) is 10.5. The molecule has 0 aliphatic heterocycles. The fraction of sp³-hybridized carbons (Fsp3) is 0.462. The van der Waals surface area contributed by atoms with Gasteiger partial charge < -0.3 is 16.4 Å². The normalized spacial score (nSPS) is 22.1. The van der Waals surface area contributed by atoms with Gasteiger partial charge in [-0.3, -0.25) is 0 Å². The van der Waals surface area contributed by atoms with E-state index >= 15 is 0 Å². The summed E-state index contributed by atoms with van der Waals surface area (Å²) < 4.78 is 0. The molecule has 2 rings (SSSR count). The molecule has 1 aliphatic rings. The molecule has 1 saturated carbocycles. The predicted molar refractivity (Wildman–Crippen MR) is 70.1 cm³/mol. The Balaban J connectivity index is 2.02. The zero-order chi connectivity index (χ0) is 12.6. The van der Waals surface area contributed by atoms with Gasteiger partial charge in [0, 0.05) is 17.4 Å². The summed E-state index contributed by atoms with van der Waals surface area (Å²) >= 11 is 0. The fourth-order valence-corrected chi connectivity index (χ4v) is 1.85. The molecule has 1 aliphatic carbocycles. The molecule has 0 saturated heterocycles. The number of amides is 2. The van der Waals surface area contributed by atoms with E-state index in [1.54, 1.807) is 6.07 Å². The first-order valence-corrected chi connectivity index (χ1v) is 5.91. The summed E-state index contributed by atoms with van der Waals surface area (Å²) in [6, 6.07) is 3.97. The van der Waals surface area contributed by atoms with E-state index in [0.717, 1.165) is 23.2 Å². The van der Waals surface area contributed by atoms with Crippen molar-refractivity contribution in [3.63, 3.8) is 0 Å². The Morgan fingerprint density at radius 2 is 2.00 bits per heavy atom. The van der Waals surface area contributed by atoms with Crippen LogP contribution >= 0.6 is 0 Å². The summed E-state index contributed by atoms with van der Waals surface area (Å²) in [5.74, 6) is 0.602. The Morgan fingerprint density at radius 1 is 1.35 bits per heavy atom. The molecule has 2 atom stereocenters. The minimum Gasteiger partial charge on any atom is -0.398 e. The van der Waals surface area contributed by atoms with E-state index in [2.05, 4.69) is 17.6 Å². The summed E-state index contributed by atoms with van der Waals surface area (Å²) in [6.07, 6.45) is 1.07. The van der Waals surface area contributed by atoms with Crippen LogP contribution in [0.15, 0.2) is 12.1 Å². The third-order valence-electron chi connectivity index (χ3n) is 3.29. The molecular weight excluding hydrogens is 214 g/mol. The molecule has 1 aromatic rings. The second-order valence-corrected chi connectivity index (χ2v) is 4.94. The fourth-order valence-electron chi connectivity index (χ4n) is 1.85. The maximum absolute atomic E-state index is 11.7. The third kappa shape index (κ3) is 2.70. The Labute approximate surface area is 102 Å². The lowest BCUT2D eigenvalue weighted by molar-refractivity contribution is 0.251. The van der Waals surface area contributed by atoms with Gasteiger partial charge >= 0.3 is 6.03 Å². The van der Waals surface area contributed by atoms with Crippen LogP contribution in [0.25, 0.3) is 0 Å². The van der Waals surface area contributed by atoms with Crippen LogP contribution in [0.1, 0.15) is 24.5 Å². The number of rotatable bonds is 2. The van der Waals surface area contributed by atoms with Crippen molar-refractivity contribution in [3.05, 3.63) is 23.3 Å². The number of anilines is 2. The number of nitrogen functional groups attached to an aromatic ring is 1. The van der Waals surface area contributed by atoms with Crippen molar-refractivity contribution in [2.45, 2.75) is 33.2 Å². The molecule has 0 heterocycles. The SMILES string of the molecule is Cc1cc(C)c(NC(=O)NC2CC2C)cc1N. The van der Waals surface area contributed by atoms with Crippen molar-refractivity contribution >= 4 is 17.4 Å². The van der Waals surface area contributed by atoms with Gasteiger partial charge in [0.05, 0.1) is 0 Å². The van der Waals surface area contributed by atoms with Crippen molar-refractivity contribution in [3.8, 4) is 0 Å². The maximum atomic E-state index is 11.7. The van der Waals surface area contributed by atoms with Crippen LogP contribution in [0.3, 0.4) is 0 Å². The van der Waals surface area contributed by atoms with Crippen molar-refractivity contribution < 1.29 is 4.79 Å². The average molecular weight is 233 g/mol. The topological polar surface area (TPSA) is 67.2 Å². The minimum absolute atomic E-state index is 0.147. The number of carbonyl (C=O) groups excluding carboxylic acids is 1. The highest BCUT2D eigenvalue weighted by atomic mass is 16.2. The van der Waals surface area contributed by atoms with Gasteiger partial charge in [0.2, 0.25) is 0 Å². The third-order valence-corrected chi connectivity index (χ3v) is 3.29. The molecule has 0 radical (unpaired) electrons. The number of nitrogens with two attached hydrogens (primary N) is 1. The quantitative estimate of drug-likeness (QED) is 0.687. The average Bonchev–Trinajstić information content (AvgIpc) is 2.90. The number of hydrogen-bond donors (Lipinski definition) is 3. The second kappa shape index (κ2) is 4.28. The minimum atomic E-state index is -0.147. The Hall–Kier alpha value is -1.71. The van der Waals surface area contributed by atoms with Crippen molar-refractivity contribution in [1.82, 2.24) is 5.32 Å². The number of hydrogen-bond acceptors (Lipinski definition) is 2. The molecule has 92 valence electrons. The molecule has 2 amide bonds. The van der Waals surface area contributed by atoms with E-state index in [1.807, 2.05) is 19.9 Å². The van der Waals surface area contributed by atoms with Gasteiger partial charge in [-0.25, -0.2) is 4.79 Å². The van der Waals surface area contributed by atoms with Crippen LogP contribution in [0, 0.1) is 19.8 Å². The lowest BCUT2D eigenvalue weighted by Crippen LogP contribution is -2.31. The van der Waals surface area contributed by atoms with E-state index in [1.165, 1.54) is 0 Å². The molecule has 4 N–H and O–H groups in total. The molecule has 4 nitrogen and oxygen atoms in total. The lowest BCUT2D eigenvalue weighted by atomic mass is 10.1. The molecular formula is C13H19N3O. The first-order chi connectivity index (χ1) is 7.97. The lowest BCUT2D eigenvalue weighted by Gasteiger charge is -2.12. The molecule has 1 fully saturated rings. The maximum Gasteiger partial charge on any atom is 0.319 e. The van der Waals surface area contributed by atoms with Gasteiger partial charge in [-0.2, -0.15) is 0 Å². The van der Waals surface area contributed by atoms with Crippen LogP contribution in [-0.4, -0.2) is 12.1 Å². The number of benzene rings is 1. The first kappa shape index (κ1) is 11.8. The number of nitrogens with one attached hydrogen (secondary N) is 2. The summed E-state index contributed by atoms with van der Waals surface area (Å²) in [4.78, 5) is 11.7. The molecule has 0 spiro atoms. The number of aryl methyl sites for hydroxylation is 2. The van der Waals surface area contributed by atoms with Crippen LogP contribution < -0.4 is 16.4 Å². The molecule has 2 unspecified atom stereocenters. The molecule has 17 heavy (non-hydrogen) atoms. The summed E-state index contributed by atoms with van der Waals surface area (Å²) in [7, 11) is 0. The Bertz CT molecular complexity index is 456. The van der Waals surface area contributed by atoms with Gasteiger partial charge in [-0.15, -0.1) is 0 Å². The molecule has 4 heteroatoms. The van der Waals surface area contributed by atoms with Gasteiger partial charge in [0.25, 0.3) is 0 Å². The predicted octanol–water partition coefficient (Wildman–Crippen LogP) is 2.42.